The molecule has 1 aliphatic heterocycles. The number of hydrogen-bond donors (Lipinski definition) is 4. The molecule has 3 heterocycles. The van der Waals surface area contributed by atoms with Crippen LogP contribution in [0.3, 0.4) is 0 Å². The zero-order chi connectivity index (χ0) is 20.6. The summed E-state index contributed by atoms with van der Waals surface area (Å²) in [5.41, 5.74) is -0.633. The number of amides is 1. The van der Waals surface area contributed by atoms with E-state index in [1.54, 1.807) is 35.7 Å². The lowest BCUT2D eigenvalue weighted by atomic mass is 9.96. The SMILES string of the molecule is O=C(Nc1ncnc2c([C@@H]3OC(CO)(CO)[C@@H](O)[C@H]3F)csc12)c1ccccc1. The van der Waals surface area contributed by atoms with Gasteiger partial charge in [0.2, 0.25) is 0 Å². The van der Waals surface area contributed by atoms with Gasteiger partial charge in [0.05, 0.1) is 23.4 Å². The maximum atomic E-state index is 14.8. The standard InChI is InChI=1S/C19H18FN3O5S/c20-12-14(28-19(7-24,8-25)16(12)26)11-6-29-15-13(11)21-9-22-17(15)23-18(27)10-4-2-1-3-5-10/h1-6,9,12,14,16,24-26H,7-8H2,(H,21,22,23,27)/t12-,14-,16-/m0/s1. The zero-order valence-corrected chi connectivity index (χ0v) is 15.8. The highest BCUT2D eigenvalue weighted by Gasteiger charge is 2.55. The maximum Gasteiger partial charge on any atom is 0.256 e. The van der Waals surface area contributed by atoms with Crippen LogP contribution in [0.15, 0.2) is 42.0 Å². The number of carbonyl (C=O) groups excluding carboxylic acids is 1. The Morgan fingerprint density at radius 3 is 2.62 bits per heavy atom. The number of fused-ring (bicyclic) bond motifs is 1. The van der Waals surface area contributed by atoms with Crippen molar-refractivity contribution < 1.29 is 29.2 Å². The first-order chi connectivity index (χ1) is 14.0. The van der Waals surface area contributed by atoms with Crippen molar-refractivity contribution in [3.05, 3.63) is 53.2 Å². The van der Waals surface area contributed by atoms with Gasteiger partial charge in [-0.05, 0) is 17.5 Å². The highest BCUT2D eigenvalue weighted by atomic mass is 32.1. The first kappa shape index (κ1) is 19.8. The molecule has 4 rings (SSSR count). The van der Waals surface area contributed by atoms with Crippen LogP contribution >= 0.6 is 11.3 Å². The number of aromatic nitrogens is 2. The topological polar surface area (TPSA) is 125 Å². The smallest absolute Gasteiger partial charge is 0.256 e. The van der Waals surface area contributed by atoms with Crippen LogP contribution in [0.1, 0.15) is 22.0 Å². The summed E-state index contributed by atoms with van der Waals surface area (Å²) in [4.78, 5) is 20.7. The summed E-state index contributed by atoms with van der Waals surface area (Å²) in [6, 6.07) is 8.61. The molecule has 3 aromatic rings. The zero-order valence-electron chi connectivity index (χ0n) is 15.0. The molecule has 0 bridgehead atoms. The van der Waals surface area contributed by atoms with E-state index in [1.807, 2.05) is 0 Å². The number of alkyl halides is 1. The van der Waals surface area contributed by atoms with Crippen LogP contribution in [0.2, 0.25) is 0 Å². The number of anilines is 1. The Kier molecular flexibility index (Phi) is 5.28. The van der Waals surface area contributed by atoms with Crippen molar-refractivity contribution in [1.82, 2.24) is 9.97 Å². The van der Waals surface area contributed by atoms with E-state index < -0.39 is 37.2 Å². The number of halogens is 1. The Labute approximate surface area is 168 Å². The van der Waals surface area contributed by atoms with E-state index >= 15 is 0 Å². The third kappa shape index (κ3) is 3.28. The van der Waals surface area contributed by atoms with Gasteiger partial charge in [-0.25, -0.2) is 14.4 Å². The number of carbonyl (C=O) groups is 1. The Bertz CT molecular complexity index is 1030. The van der Waals surface area contributed by atoms with E-state index in [0.717, 1.165) is 0 Å². The number of hydrogen-bond acceptors (Lipinski definition) is 8. The van der Waals surface area contributed by atoms with E-state index in [2.05, 4.69) is 15.3 Å². The summed E-state index contributed by atoms with van der Waals surface area (Å²) < 4.78 is 20.8. The number of benzene rings is 1. The van der Waals surface area contributed by atoms with Crippen molar-refractivity contribution in [2.75, 3.05) is 18.5 Å². The third-order valence-electron chi connectivity index (χ3n) is 4.98. The highest BCUT2D eigenvalue weighted by molar-refractivity contribution is 7.18. The molecule has 10 heteroatoms. The Morgan fingerprint density at radius 2 is 1.97 bits per heavy atom. The molecule has 152 valence electrons. The summed E-state index contributed by atoms with van der Waals surface area (Å²) in [6.07, 6.45) is -3.56. The van der Waals surface area contributed by atoms with E-state index in [-0.39, 0.29) is 11.7 Å². The summed E-state index contributed by atoms with van der Waals surface area (Å²) in [7, 11) is 0. The predicted octanol–water partition coefficient (Wildman–Crippen LogP) is 1.44. The minimum absolute atomic E-state index is 0.268. The Morgan fingerprint density at radius 1 is 1.24 bits per heavy atom. The first-order valence-corrected chi connectivity index (χ1v) is 9.69. The predicted molar refractivity (Wildman–Crippen MR) is 103 cm³/mol. The lowest BCUT2D eigenvalue weighted by molar-refractivity contribution is -0.136. The molecule has 8 nitrogen and oxygen atoms in total. The normalized spacial score (nSPS) is 23.4. The van der Waals surface area contributed by atoms with Crippen LogP contribution < -0.4 is 5.32 Å². The largest absolute Gasteiger partial charge is 0.393 e. The molecule has 2 aromatic heterocycles. The number of aliphatic hydroxyl groups excluding tert-OH is 3. The van der Waals surface area contributed by atoms with Crippen LogP contribution in [0.25, 0.3) is 10.2 Å². The van der Waals surface area contributed by atoms with Gasteiger partial charge < -0.3 is 25.4 Å². The van der Waals surface area contributed by atoms with E-state index in [0.29, 0.717) is 21.3 Å². The molecule has 0 aliphatic carbocycles. The fourth-order valence-corrected chi connectivity index (χ4v) is 4.31. The lowest BCUT2D eigenvalue weighted by Gasteiger charge is -2.27. The fraction of sp³-hybridized carbons (Fsp3) is 0.316. The van der Waals surface area contributed by atoms with Gasteiger partial charge in [-0.3, -0.25) is 4.79 Å². The van der Waals surface area contributed by atoms with E-state index in [9.17, 15) is 24.5 Å². The monoisotopic (exact) mass is 419 g/mol. The molecule has 1 amide bonds. The van der Waals surface area contributed by atoms with Gasteiger partial charge in [0.25, 0.3) is 5.91 Å². The molecule has 0 spiro atoms. The van der Waals surface area contributed by atoms with Crippen molar-refractivity contribution in [2.45, 2.75) is 24.0 Å². The quantitative estimate of drug-likeness (QED) is 0.493. The van der Waals surface area contributed by atoms with Crippen molar-refractivity contribution >= 4 is 33.3 Å². The van der Waals surface area contributed by atoms with Gasteiger partial charge in [-0.2, -0.15) is 0 Å². The Balaban J connectivity index is 1.67. The van der Waals surface area contributed by atoms with Crippen molar-refractivity contribution in [2.24, 2.45) is 0 Å². The second kappa shape index (κ2) is 7.73. The summed E-state index contributed by atoms with van der Waals surface area (Å²) in [5.74, 6) is -0.0827. The van der Waals surface area contributed by atoms with E-state index in [4.69, 9.17) is 4.74 Å². The van der Waals surface area contributed by atoms with E-state index in [1.165, 1.54) is 17.7 Å². The summed E-state index contributed by atoms with van der Waals surface area (Å²) in [6.45, 7) is -1.48. The van der Waals surface area contributed by atoms with Crippen molar-refractivity contribution in [3.8, 4) is 0 Å². The molecular formula is C19H18FN3O5S. The fourth-order valence-electron chi connectivity index (χ4n) is 3.32. The third-order valence-corrected chi connectivity index (χ3v) is 5.98. The molecule has 29 heavy (non-hydrogen) atoms. The van der Waals surface area contributed by atoms with Crippen LogP contribution in [-0.4, -0.2) is 62.3 Å². The second-order valence-electron chi connectivity index (χ2n) is 6.72. The van der Waals surface area contributed by atoms with Gasteiger partial charge in [0.1, 0.15) is 24.1 Å². The number of nitrogens with one attached hydrogen (secondary N) is 1. The molecule has 4 N–H and O–H groups in total. The average Bonchev–Trinajstić information content (AvgIpc) is 3.29. The summed E-state index contributed by atoms with van der Waals surface area (Å²) >= 11 is 1.19. The van der Waals surface area contributed by atoms with Gasteiger partial charge in [-0.15, -0.1) is 11.3 Å². The molecule has 0 radical (unpaired) electrons. The minimum Gasteiger partial charge on any atom is -0.393 e. The minimum atomic E-state index is -1.87. The molecule has 1 aromatic carbocycles. The van der Waals surface area contributed by atoms with Crippen LogP contribution in [0.5, 0.6) is 0 Å². The number of thiophene rings is 1. The molecular weight excluding hydrogens is 401 g/mol. The van der Waals surface area contributed by atoms with Crippen LogP contribution in [0, 0.1) is 0 Å². The van der Waals surface area contributed by atoms with Crippen LogP contribution in [0.4, 0.5) is 10.2 Å². The van der Waals surface area contributed by atoms with Crippen molar-refractivity contribution in [1.29, 1.82) is 0 Å². The maximum absolute atomic E-state index is 14.8. The number of nitrogens with zero attached hydrogens (tertiary/aromatic N) is 2. The number of ether oxygens (including phenoxy) is 1. The van der Waals surface area contributed by atoms with Crippen LogP contribution in [-0.2, 0) is 4.74 Å². The van der Waals surface area contributed by atoms with Gasteiger partial charge in [0, 0.05) is 11.1 Å². The molecule has 1 saturated heterocycles. The average molecular weight is 419 g/mol. The highest BCUT2D eigenvalue weighted by Crippen LogP contribution is 2.45. The van der Waals surface area contributed by atoms with Gasteiger partial charge >= 0.3 is 0 Å². The molecule has 1 fully saturated rings. The molecule has 1 aliphatic rings. The number of aliphatic hydroxyl groups is 3. The summed E-state index contributed by atoms with van der Waals surface area (Å²) in [5, 5.41) is 33.5. The second-order valence-corrected chi connectivity index (χ2v) is 7.60. The van der Waals surface area contributed by atoms with Crippen molar-refractivity contribution in [3.63, 3.8) is 0 Å². The molecule has 0 unspecified atom stereocenters. The number of rotatable bonds is 5. The van der Waals surface area contributed by atoms with Gasteiger partial charge in [0.15, 0.2) is 12.0 Å². The van der Waals surface area contributed by atoms with Gasteiger partial charge in [-0.1, -0.05) is 18.2 Å². The molecule has 3 atom stereocenters. The lowest BCUT2D eigenvalue weighted by Crippen LogP contribution is -2.48. The first-order valence-electron chi connectivity index (χ1n) is 8.81. The Hall–Kier alpha value is -2.50. The molecule has 0 saturated carbocycles.